The van der Waals surface area contributed by atoms with Gasteiger partial charge in [-0.1, -0.05) is 12.1 Å². The Balaban J connectivity index is 1.90. The zero-order chi connectivity index (χ0) is 15.2. The summed E-state index contributed by atoms with van der Waals surface area (Å²) in [7, 11) is 1.67. The first-order valence-electron chi connectivity index (χ1n) is 7.49. The van der Waals surface area contributed by atoms with E-state index >= 15 is 0 Å². The van der Waals surface area contributed by atoms with Gasteiger partial charge in [0.2, 0.25) is 5.91 Å². The molecule has 116 valence electrons. The van der Waals surface area contributed by atoms with Crippen LogP contribution < -0.4 is 16.2 Å². The first kappa shape index (κ1) is 15.8. The molecule has 1 aliphatic heterocycles. The van der Waals surface area contributed by atoms with Crippen LogP contribution >= 0.6 is 0 Å². The number of piperidine rings is 1. The predicted molar refractivity (Wildman–Crippen MR) is 82.7 cm³/mol. The number of carbonyl (C=O) groups is 1. The maximum absolute atomic E-state index is 11.0. The number of primary amides is 1. The van der Waals surface area contributed by atoms with Gasteiger partial charge in [-0.25, -0.2) is 0 Å². The average Bonchev–Trinajstić information content (AvgIpc) is 2.48. The van der Waals surface area contributed by atoms with Gasteiger partial charge in [-0.05, 0) is 43.5 Å². The Morgan fingerprint density at radius 3 is 2.67 bits per heavy atom. The third kappa shape index (κ3) is 4.44. The molecule has 1 aliphatic rings. The van der Waals surface area contributed by atoms with Crippen LogP contribution in [0.5, 0.6) is 5.75 Å². The number of likely N-dealkylation sites (tertiary alicyclic amines) is 1. The van der Waals surface area contributed by atoms with E-state index in [1.165, 1.54) is 5.56 Å². The second kappa shape index (κ2) is 7.43. The fourth-order valence-electron chi connectivity index (χ4n) is 2.95. The van der Waals surface area contributed by atoms with Crippen LogP contribution in [0.4, 0.5) is 0 Å². The first-order chi connectivity index (χ1) is 10.1. The summed E-state index contributed by atoms with van der Waals surface area (Å²) in [6.07, 6.45) is 2.61. The van der Waals surface area contributed by atoms with Gasteiger partial charge in [-0.15, -0.1) is 0 Å². The van der Waals surface area contributed by atoms with Crippen molar-refractivity contribution in [1.29, 1.82) is 0 Å². The maximum Gasteiger partial charge on any atom is 0.217 e. The number of amides is 1. The minimum absolute atomic E-state index is 0.185. The number of ether oxygens (including phenoxy) is 1. The Kier molecular flexibility index (Phi) is 5.59. The monoisotopic (exact) mass is 291 g/mol. The predicted octanol–water partition coefficient (Wildman–Crippen LogP) is 1.24. The third-order valence-electron chi connectivity index (χ3n) is 4.17. The van der Waals surface area contributed by atoms with Crippen LogP contribution in [-0.2, 0) is 17.9 Å². The van der Waals surface area contributed by atoms with Crippen molar-refractivity contribution >= 4 is 5.91 Å². The second-order valence-electron chi connectivity index (χ2n) is 5.74. The summed E-state index contributed by atoms with van der Waals surface area (Å²) in [5.41, 5.74) is 13.2. The summed E-state index contributed by atoms with van der Waals surface area (Å²) in [6, 6.07) is 6.21. The molecule has 0 spiro atoms. The number of nitrogens with zero attached hydrogens (tertiary/aromatic N) is 1. The van der Waals surface area contributed by atoms with Crippen molar-refractivity contribution in [2.75, 3.05) is 20.2 Å². The van der Waals surface area contributed by atoms with Crippen molar-refractivity contribution in [3.63, 3.8) is 0 Å². The Morgan fingerprint density at radius 1 is 1.38 bits per heavy atom. The molecular weight excluding hydrogens is 266 g/mol. The Bertz CT molecular complexity index is 482. The SMILES string of the molecule is COc1cc(CN2CCC(CC(N)=O)CC2)ccc1CN. The molecule has 0 aliphatic carbocycles. The molecule has 1 heterocycles. The van der Waals surface area contributed by atoms with Crippen LogP contribution in [0.3, 0.4) is 0 Å². The lowest BCUT2D eigenvalue weighted by atomic mass is 9.93. The number of nitrogens with two attached hydrogens (primary N) is 2. The number of hydrogen-bond acceptors (Lipinski definition) is 4. The van der Waals surface area contributed by atoms with Gasteiger partial charge in [-0.2, -0.15) is 0 Å². The Morgan fingerprint density at radius 2 is 2.10 bits per heavy atom. The molecule has 0 saturated carbocycles. The van der Waals surface area contributed by atoms with E-state index in [-0.39, 0.29) is 5.91 Å². The molecule has 0 unspecified atom stereocenters. The van der Waals surface area contributed by atoms with Crippen molar-refractivity contribution in [1.82, 2.24) is 4.90 Å². The van der Waals surface area contributed by atoms with Gasteiger partial charge in [0, 0.05) is 25.1 Å². The summed E-state index contributed by atoms with van der Waals surface area (Å²) in [5, 5.41) is 0. The van der Waals surface area contributed by atoms with Gasteiger partial charge in [0.1, 0.15) is 5.75 Å². The summed E-state index contributed by atoms with van der Waals surface area (Å²) in [4.78, 5) is 13.4. The summed E-state index contributed by atoms with van der Waals surface area (Å²) >= 11 is 0. The van der Waals surface area contributed by atoms with Gasteiger partial charge in [0.05, 0.1) is 7.11 Å². The van der Waals surface area contributed by atoms with E-state index in [0.29, 0.717) is 18.9 Å². The molecule has 0 aromatic heterocycles. The van der Waals surface area contributed by atoms with E-state index in [1.54, 1.807) is 7.11 Å². The zero-order valence-corrected chi connectivity index (χ0v) is 12.7. The molecule has 5 nitrogen and oxygen atoms in total. The normalized spacial score (nSPS) is 16.9. The van der Waals surface area contributed by atoms with E-state index in [2.05, 4.69) is 17.0 Å². The van der Waals surface area contributed by atoms with Gasteiger partial charge >= 0.3 is 0 Å². The summed E-state index contributed by atoms with van der Waals surface area (Å²) < 4.78 is 5.38. The quantitative estimate of drug-likeness (QED) is 0.826. The maximum atomic E-state index is 11.0. The molecule has 4 N–H and O–H groups in total. The lowest BCUT2D eigenvalue weighted by molar-refractivity contribution is -0.119. The van der Waals surface area contributed by atoms with Crippen molar-refractivity contribution in [2.24, 2.45) is 17.4 Å². The molecular formula is C16H25N3O2. The molecule has 1 saturated heterocycles. The zero-order valence-electron chi connectivity index (χ0n) is 12.7. The lowest BCUT2D eigenvalue weighted by Crippen LogP contribution is -2.34. The van der Waals surface area contributed by atoms with E-state index < -0.39 is 0 Å². The van der Waals surface area contributed by atoms with Crippen molar-refractivity contribution in [3.05, 3.63) is 29.3 Å². The molecule has 1 aromatic carbocycles. The van der Waals surface area contributed by atoms with Crippen molar-refractivity contribution in [2.45, 2.75) is 32.4 Å². The molecule has 1 fully saturated rings. The van der Waals surface area contributed by atoms with Gasteiger partial charge in [-0.3, -0.25) is 9.69 Å². The van der Waals surface area contributed by atoms with E-state index in [0.717, 1.165) is 43.8 Å². The van der Waals surface area contributed by atoms with E-state index in [1.807, 2.05) is 6.07 Å². The molecule has 0 atom stereocenters. The highest BCUT2D eigenvalue weighted by Gasteiger charge is 2.20. The van der Waals surface area contributed by atoms with Crippen LogP contribution in [0, 0.1) is 5.92 Å². The molecule has 1 aromatic rings. The minimum Gasteiger partial charge on any atom is -0.496 e. The van der Waals surface area contributed by atoms with Crippen LogP contribution in [0.25, 0.3) is 0 Å². The number of methoxy groups -OCH3 is 1. The molecule has 21 heavy (non-hydrogen) atoms. The lowest BCUT2D eigenvalue weighted by Gasteiger charge is -2.31. The van der Waals surface area contributed by atoms with Crippen LogP contribution in [-0.4, -0.2) is 31.0 Å². The van der Waals surface area contributed by atoms with Gasteiger partial charge in [0.25, 0.3) is 0 Å². The third-order valence-corrected chi connectivity index (χ3v) is 4.17. The highest BCUT2D eigenvalue weighted by molar-refractivity contribution is 5.73. The molecule has 0 radical (unpaired) electrons. The summed E-state index contributed by atoms with van der Waals surface area (Å²) in [5.74, 6) is 1.13. The van der Waals surface area contributed by atoms with E-state index in [9.17, 15) is 4.79 Å². The average molecular weight is 291 g/mol. The summed E-state index contributed by atoms with van der Waals surface area (Å²) in [6.45, 7) is 3.42. The Hall–Kier alpha value is -1.59. The highest BCUT2D eigenvalue weighted by atomic mass is 16.5. The number of rotatable bonds is 6. The van der Waals surface area contributed by atoms with Crippen molar-refractivity contribution < 1.29 is 9.53 Å². The fourth-order valence-corrected chi connectivity index (χ4v) is 2.95. The minimum atomic E-state index is -0.185. The molecule has 2 rings (SSSR count). The number of hydrogen-bond donors (Lipinski definition) is 2. The Labute approximate surface area is 126 Å². The van der Waals surface area contributed by atoms with Gasteiger partial charge in [0.15, 0.2) is 0 Å². The van der Waals surface area contributed by atoms with Crippen LogP contribution in [0.15, 0.2) is 18.2 Å². The number of carbonyl (C=O) groups excluding carboxylic acids is 1. The fraction of sp³-hybridized carbons (Fsp3) is 0.562. The first-order valence-corrected chi connectivity index (χ1v) is 7.49. The van der Waals surface area contributed by atoms with E-state index in [4.69, 9.17) is 16.2 Å². The molecule has 1 amide bonds. The highest BCUT2D eigenvalue weighted by Crippen LogP contribution is 2.24. The van der Waals surface area contributed by atoms with Crippen LogP contribution in [0.2, 0.25) is 0 Å². The van der Waals surface area contributed by atoms with Crippen molar-refractivity contribution in [3.8, 4) is 5.75 Å². The topological polar surface area (TPSA) is 81.6 Å². The smallest absolute Gasteiger partial charge is 0.217 e. The van der Waals surface area contributed by atoms with Gasteiger partial charge < -0.3 is 16.2 Å². The standard InChI is InChI=1S/C16H25N3O2/c1-21-15-8-13(2-3-14(15)10-17)11-19-6-4-12(5-7-19)9-16(18)20/h2-3,8,12H,4-7,9-11,17H2,1H3,(H2,18,20). The number of benzene rings is 1. The largest absolute Gasteiger partial charge is 0.496 e. The molecule has 0 bridgehead atoms. The molecule has 5 heteroatoms. The second-order valence-corrected chi connectivity index (χ2v) is 5.74. The van der Waals surface area contributed by atoms with Crippen LogP contribution in [0.1, 0.15) is 30.4 Å².